The molecule has 0 bridgehead atoms. The summed E-state index contributed by atoms with van der Waals surface area (Å²) in [7, 11) is -2.66. The molecule has 2 aromatic carbocycles. The number of carbonyl (C=O) groups excluding carboxylic acids is 3. The lowest BCUT2D eigenvalue weighted by atomic mass is 10.2. The number of hydrogen-bond acceptors (Lipinski definition) is 8. The van der Waals surface area contributed by atoms with Crippen LogP contribution >= 0.6 is 23.4 Å². The van der Waals surface area contributed by atoms with Crippen molar-refractivity contribution < 1.29 is 27.5 Å². The molecule has 1 fully saturated rings. The summed E-state index contributed by atoms with van der Waals surface area (Å²) in [5.41, 5.74) is 0.960. The Kier molecular flexibility index (Phi) is 8.01. The lowest BCUT2D eigenvalue weighted by molar-refractivity contribution is -0.122. The van der Waals surface area contributed by atoms with Crippen molar-refractivity contribution in [3.63, 3.8) is 0 Å². The molecule has 3 rings (SSSR count). The van der Waals surface area contributed by atoms with Crippen molar-refractivity contribution in [3.8, 4) is 0 Å². The molecule has 3 N–H and O–H groups in total. The van der Waals surface area contributed by atoms with Crippen molar-refractivity contribution in [2.24, 2.45) is 0 Å². The second-order valence-electron chi connectivity index (χ2n) is 7.17. The van der Waals surface area contributed by atoms with Crippen molar-refractivity contribution in [1.29, 1.82) is 0 Å². The molecule has 2 unspecified atom stereocenters. The van der Waals surface area contributed by atoms with E-state index in [-0.39, 0.29) is 23.1 Å². The second kappa shape index (κ2) is 10.6. The minimum Gasteiger partial charge on any atom is -0.465 e. The molecule has 1 heterocycles. The van der Waals surface area contributed by atoms with Crippen molar-refractivity contribution in [1.82, 2.24) is 10.6 Å². The smallest absolute Gasteiger partial charge is 0.337 e. The molecule has 0 aromatic heterocycles. The van der Waals surface area contributed by atoms with Gasteiger partial charge in [-0.25, -0.2) is 13.2 Å². The van der Waals surface area contributed by atoms with Gasteiger partial charge in [0.25, 0.3) is 0 Å². The van der Waals surface area contributed by atoms with E-state index in [0.29, 0.717) is 16.3 Å². The number of halogens is 1. The van der Waals surface area contributed by atoms with Crippen LogP contribution in [0.1, 0.15) is 15.9 Å². The molecule has 0 radical (unpaired) electrons. The van der Waals surface area contributed by atoms with Crippen LogP contribution in [0.3, 0.4) is 0 Å². The first kappa shape index (κ1) is 25.0. The molecule has 176 valence electrons. The average molecular weight is 512 g/mol. The van der Waals surface area contributed by atoms with E-state index in [1.54, 1.807) is 25.1 Å². The molecule has 0 aliphatic carbocycles. The Labute approximate surface area is 200 Å². The van der Waals surface area contributed by atoms with Crippen LogP contribution in [0, 0.1) is 6.92 Å². The number of anilines is 1. The molecule has 9 nitrogen and oxygen atoms in total. The van der Waals surface area contributed by atoms with Gasteiger partial charge in [0.2, 0.25) is 11.8 Å². The Balaban J connectivity index is 1.52. The summed E-state index contributed by atoms with van der Waals surface area (Å²) in [5.74, 6) is -1.46. The Bertz CT molecular complexity index is 1170. The standard InChI is InChI=1S/C21H22ClN3O6S2/c1-12-3-8-15(9-16(12)22)33(29,30)17-10-23-21(25-19(17)27)32-11-18(26)24-14-6-4-13(5-7-14)20(28)31-2/h3-9,17,21,23H,10-11H2,1-2H3,(H,24,26)(H,25,27). The number of sulfone groups is 1. The quantitative estimate of drug-likeness (QED) is 0.481. The Morgan fingerprint density at radius 3 is 2.52 bits per heavy atom. The lowest BCUT2D eigenvalue weighted by Crippen LogP contribution is -2.59. The van der Waals surface area contributed by atoms with Crippen molar-refractivity contribution >= 4 is 56.7 Å². The van der Waals surface area contributed by atoms with Crippen molar-refractivity contribution in [3.05, 3.63) is 58.6 Å². The van der Waals surface area contributed by atoms with Gasteiger partial charge in [-0.3, -0.25) is 14.9 Å². The normalized spacial score (nSPS) is 18.3. The number of rotatable bonds is 7. The Morgan fingerprint density at radius 1 is 1.21 bits per heavy atom. The first-order valence-electron chi connectivity index (χ1n) is 9.75. The van der Waals surface area contributed by atoms with Gasteiger partial charge in [0.05, 0.1) is 23.3 Å². The Morgan fingerprint density at radius 2 is 1.91 bits per heavy atom. The number of ether oxygens (including phenoxy) is 1. The fourth-order valence-electron chi connectivity index (χ4n) is 3.01. The van der Waals surface area contributed by atoms with Crippen LogP contribution in [0.25, 0.3) is 0 Å². The molecule has 2 amide bonds. The number of nitrogens with one attached hydrogen (secondary N) is 3. The molecule has 1 aliphatic rings. The van der Waals surface area contributed by atoms with Crippen LogP contribution in [0.15, 0.2) is 47.4 Å². The zero-order valence-electron chi connectivity index (χ0n) is 17.8. The third-order valence-electron chi connectivity index (χ3n) is 4.87. The first-order valence-corrected chi connectivity index (χ1v) is 12.7. The molecular weight excluding hydrogens is 490 g/mol. The predicted molar refractivity (Wildman–Crippen MR) is 126 cm³/mol. The van der Waals surface area contributed by atoms with Gasteiger partial charge < -0.3 is 15.4 Å². The number of hydrogen-bond donors (Lipinski definition) is 3. The van der Waals surface area contributed by atoms with Gasteiger partial charge in [0, 0.05) is 17.3 Å². The maximum Gasteiger partial charge on any atom is 0.337 e. The molecule has 2 aromatic rings. The number of benzene rings is 2. The topological polar surface area (TPSA) is 131 Å². The van der Waals surface area contributed by atoms with E-state index in [4.69, 9.17) is 11.6 Å². The highest BCUT2D eigenvalue weighted by Crippen LogP contribution is 2.24. The van der Waals surface area contributed by atoms with Crippen LogP contribution in [-0.2, 0) is 24.2 Å². The fraction of sp³-hybridized carbons (Fsp3) is 0.286. The van der Waals surface area contributed by atoms with Crippen molar-refractivity contribution in [2.75, 3.05) is 24.7 Å². The summed E-state index contributed by atoms with van der Waals surface area (Å²) >= 11 is 7.14. The van der Waals surface area contributed by atoms with Gasteiger partial charge in [0.1, 0.15) is 5.50 Å². The van der Waals surface area contributed by atoms with Crippen molar-refractivity contribution in [2.45, 2.75) is 22.6 Å². The van der Waals surface area contributed by atoms with Gasteiger partial charge in [0.15, 0.2) is 15.1 Å². The fourth-order valence-corrected chi connectivity index (χ4v) is 5.59. The lowest BCUT2D eigenvalue weighted by Gasteiger charge is -2.29. The van der Waals surface area contributed by atoms with Crippen LogP contribution in [0.2, 0.25) is 5.02 Å². The summed E-state index contributed by atoms with van der Waals surface area (Å²) in [4.78, 5) is 36.1. The molecule has 12 heteroatoms. The maximum absolute atomic E-state index is 12.9. The molecule has 33 heavy (non-hydrogen) atoms. The molecule has 2 atom stereocenters. The minimum atomic E-state index is -3.94. The van der Waals surface area contributed by atoms with Gasteiger partial charge in [-0.05, 0) is 48.9 Å². The van der Waals surface area contributed by atoms with E-state index in [2.05, 4.69) is 20.7 Å². The largest absolute Gasteiger partial charge is 0.465 e. The second-order valence-corrected chi connectivity index (χ2v) is 10.8. The van der Waals surface area contributed by atoms with E-state index in [9.17, 15) is 22.8 Å². The predicted octanol–water partition coefficient (Wildman–Crippen LogP) is 1.95. The first-order chi connectivity index (χ1) is 15.6. The van der Waals surface area contributed by atoms with E-state index >= 15 is 0 Å². The number of esters is 1. The SMILES string of the molecule is COC(=O)c1ccc(NC(=O)CSC2NCC(S(=O)(=O)c3ccc(C)c(Cl)c3)C(=O)N2)cc1. The highest BCUT2D eigenvalue weighted by Gasteiger charge is 2.38. The highest BCUT2D eigenvalue weighted by molar-refractivity contribution is 8.00. The number of aryl methyl sites for hydroxylation is 1. The zero-order valence-corrected chi connectivity index (χ0v) is 20.1. The summed E-state index contributed by atoms with van der Waals surface area (Å²) in [6.07, 6.45) is 0. The van der Waals surface area contributed by atoms with Crippen LogP contribution in [0.4, 0.5) is 5.69 Å². The Hall–Kier alpha value is -2.60. The monoisotopic (exact) mass is 511 g/mol. The number of methoxy groups -OCH3 is 1. The van der Waals surface area contributed by atoms with E-state index in [1.807, 2.05) is 0 Å². The third-order valence-corrected chi connectivity index (χ3v) is 8.37. The third kappa shape index (κ3) is 6.05. The zero-order chi connectivity index (χ0) is 24.2. The summed E-state index contributed by atoms with van der Waals surface area (Å²) < 4.78 is 30.3. The summed E-state index contributed by atoms with van der Waals surface area (Å²) in [6.45, 7) is 1.65. The van der Waals surface area contributed by atoms with Gasteiger partial charge in [-0.2, -0.15) is 0 Å². The number of thioether (sulfide) groups is 1. The summed E-state index contributed by atoms with van der Waals surface area (Å²) in [6, 6.07) is 10.5. The average Bonchev–Trinajstić information content (AvgIpc) is 2.79. The van der Waals surface area contributed by atoms with Gasteiger partial charge in [-0.1, -0.05) is 17.7 Å². The van der Waals surface area contributed by atoms with E-state index in [1.165, 1.54) is 31.4 Å². The van der Waals surface area contributed by atoms with E-state index < -0.39 is 32.5 Å². The number of carbonyl (C=O) groups is 3. The summed E-state index contributed by atoms with van der Waals surface area (Å²) in [5, 5.41) is 7.19. The number of amides is 2. The van der Waals surface area contributed by atoms with Crippen LogP contribution in [0.5, 0.6) is 0 Å². The molecule has 0 spiro atoms. The van der Waals surface area contributed by atoms with Gasteiger partial charge >= 0.3 is 5.97 Å². The van der Waals surface area contributed by atoms with E-state index in [0.717, 1.165) is 17.3 Å². The van der Waals surface area contributed by atoms with Gasteiger partial charge in [-0.15, -0.1) is 11.8 Å². The van der Waals surface area contributed by atoms with Crippen LogP contribution in [-0.4, -0.2) is 56.4 Å². The minimum absolute atomic E-state index is 0.00167. The molecule has 1 aliphatic heterocycles. The molecule has 0 saturated carbocycles. The molecule has 1 saturated heterocycles. The highest BCUT2D eigenvalue weighted by atomic mass is 35.5. The van der Waals surface area contributed by atoms with Crippen LogP contribution < -0.4 is 16.0 Å². The molecular formula is C21H22ClN3O6S2. The maximum atomic E-state index is 12.9.